The van der Waals surface area contributed by atoms with E-state index in [0.717, 1.165) is 83.5 Å². The molecule has 0 aromatic heterocycles. The first kappa shape index (κ1) is 98.7. The number of unbranched alkanes of at least 4 members (excludes halogenated alkanes) is 20. The fourth-order valence-electron chi connectivity index (χ4n) is 10.7. The third-order valence-corrected chi connectivity index (χ3v) is 16.7. The average molecular weight is 1370 g/mol. The van der Waals surface area contributed by atoms with Gasteiger partial charge in [0.1, 0.15) is 33.0 Å². The van der Waals surface area contributed by atoms with Crippen LogP contribution in [0.5, 0.6) is 0 Å². The van der Waals surface area contributed by atoms with Crippen molar-refractivity contribution in [2.75, 3.05) is 112 Å². The molecule has 0 radical (unpaired) electrons. The second kappa shape index (κ2) is 80.3. The van der Waals surface area contributed by atoms with Crippen LogP contribution < -0.4 is 0 Å². The summed E-state index contributed by atoms with van der Waals surface area (Å²) in [4.78, 5) is 70.9. The van der Waals surface area contributed by atoms with Gasteiger partial charge in [0.05, 0.1) is 69.9 Å². The molecule has 8 N–H and O–H groups in total. The van der Waals surface area contributed by atoms with Crippen molar-refractivity contribution < 1.29 is 99.1 Å². The van der Waals surface area contributed by atoms with E-state index in [2.05, 4.69) is 63.1 Å². The van der Waals surface area contributed by atoms with E-state index in [9.17, 15) is 29.5 Å². The summed E-state index contributed by atoms with van der Waals surface area (Å²) in [7, 11) is 1.89. The number of likely N-dealkylation sites (N-methyl/N-ethyl adjacent to an activating group) is 1. The molecule has 0 fully saturated rings. The molecule has 0 aliphatic carbocycles. The van der Waals surface area contributed by atoms with Gasteiger partial charge < -0.3 is 54.1 Å². The predicted molar refractivity (Wildman–Crippen MR) is 376 cm³/mol. The summed E-state index contributed by atoms with van der Waals surface area (Å²) in [5.74, 6) is -1.51. The number of rotatable bonds is 67. The van der Waals surface area contributed by atoms with E-state index in [1.807, 2.05) is 21.7 Å². The average Bonchev–Trinajstić information content (AvgIpc) is 3.59. The van der Waals surface area contributed by atoms with Crippen molar-refractivity contribution >= 4 is 23.9 Å². The first-order chi connectivity index (χ1) is 46.1. The summed E-state index contributed by atoms with van der Waals surface area (Å²) in [6, 6.07) is 0. The second-order valence-electron chi connectivity index (χ2n) is 25.2. The van der Waals surface area contributed by atoms with Crippen LogP contribution in [-0.4, -0.2) is 217 Å². The van der Waals surface area contributed by atoms with Gasteiger partial charge in [0.2, 0.25) is 0 Å². The van der Waals surface area contributed by atoms with Crippen molar-refractivity contribution in [3.05, 3.63) is 0 Å². The van der Waals surface area contributed by atoms with Crippen LogP contribution in [0.2, 0.25) is 0 Å². The SMILES string of the molecule is CCCCCCCCC(CCC)OO.CCCCCCCCC(CCC)OO.CCCCCCCCC(O)CCC(CC)C(CCCCCCCC)OO.CN(CCN(CCC(=O)OCCO)CCC(=O)OCCO)CCN(CCC(=O)OCCO)CCC(=O)OCCOO. The molecule has 5 atom stereocenters. The minimum absolute atomic E-state index is 0.0626. The Labute approximate surface area is 577 Å². The van der Waals surface area contributed by atoms with Gasteiger partial charge in [-0.25, -0.2) is 19.6 Å². The van der Waals surface area contributed by atoms with Gasteiger partial charge in [-0.15, -0.1) is 0 Å². The van der Waals surface area contributed by atoms with E-state index in [1.165, 1.54) is 141 Å². The molecule has 0 saturated heterocycles. The Balaban J connectivity index is -0.000000648. The standard InChI is InChI=1S/C25H47N3O13.C23H48O3.2C12H26O2/c1-26(10-12-27(6-2-22(32)37-17-14-29)7-3-23(33)38-18-15-30)11-13-28(8-4-24(34)39-19-16-31)9-5-25(35)40-20-21-41-36;1-4-7-9-11-13-15-17-22(24)20-19-21(6-3)23(26-25)18-16-14-12-10-8-5-2;2*1-3-5-6-7-8-9-11-12(14-13)10-4-2/h29-31,36H,2-21H2,1H3;21-25H,4-20H2,1-3H3;2*12-13H,3-11H2,1-2H3. The van der Waals surface area contributed by atoms with Gasteiger partial charge in [-0.3, -0.25) is 40.2 Å². The predicted octanol–water partition coefficient (Wildman–Crippen LogP) is 14.0. The number of nitrogens with zero attached hydrogens (tertiary/aromatic N) is 3. The number of hydrogen-bond donors (Lipinski definition) is 8. The van der Waals surface area contributed by atoms with Crippen LogP contribution in [0.15, 0.2) is 0 Å². The Hall–Kier alpha value is -2.72. The van der Waals surface area contributed by atoms with Crippen LogP contribution in [0.25, 0.3) is 0 Å². The Bertz CT molecular complexity index is 1530. The number of aliphatic hydroxyl groups excluding tert-OH is 4. The zero-order valence-corrected chi connectivity index (χ0v) is 61.6. The molecule has 23 nitrogen and oxygen atoms in total. The fourth-order valence-corrected chi connectivity index (χ4v) is 10.7. The lowest BCUT2D eigenvalue weighted by atomic mass is 9.89. The maximum atomic E-state index is 11.9. The van der Waals surface area contributed by atoms with Crippen LogP contribution in [0.1, 0.15) is 299 Å². The lowest BCUT2D eigenvalue weighted by Gasteiger charge is -2.27. The summed E-state index contributed by atoms with van der Waals surface area (Å²) in [5.41, 5.74) is 0. The number of esters is 4. The lowest BCUT2D eigenvalue weighted by molar-refractivity contribution is -0.292. The van der Waals surface area contributed by atoms with Gasteiger partial charge >= 0.3 is 23.9 Å². The summed E-state index contributed by atoms with van der Waals surface area (Å²) < 4.78 is 19.6. The van der Waals surface area contributed by atoms with E-state index in [4.69, 9.17) is 54.9 Å². The first-order valence-electron chi connectivity index (χ1n) is 37.6. The third kappa shape index (κ3) is 73.8. The van der Waals surface area contributed by atoms with Gasteiger partial charge in [-0.2, -0.15) is 0 Å². The topological polar surface area (TPSA) is 314 Å². The Morgan fingerprint density at radius 1 is 0.337 bits per heavy atom. The molecular formula is C72H147N3O20. The molecule has 0 amide bonds. The maximum Gasteiger partial charge on any atom is 0.307 e. The molecule has 23 heteroatoms. The number of ether oxygens (including phenoxy) is 4. The Morgan fingerprint density at radius 3 is 0.968 bits per heavy atom. The molecule has 0 aliphatic rings. The van der Waals surface area contributed by atoms with Crippen molar-refractivity contribution in [3.8, 4) is 0 Å². The zero-order chi connectivity index (χ0) is 71.5. The highest BCUT2D eigenvalue weighted by atomic mass is 17.1. The molecule has 0 saturated carbocycles. The highest BCUT2D eigenvalue weighted by Gasteiger charge is 2.22. The zero-order valence-electron chi connectivity index (χ0n) is 61.6. The van der Waals surface area contributed by atoms with Gasteiger partial charge in [0, 0.05) is 52.4 Å². The highest BCUT2D eigenvalue weighted by molar-refractivity contribution is 5.71. The van der Waals surface area contributed by atoms with Gasteiger partial charge in [0.25, 0.3) is 0 Å². The van der Waals surface area contributed by atoms with E-state index in [-0.39, 0.29) is 103 Å². The molecule has 0 spiro atoms. The monoisotopic (exact) mass is 1370 g/mol. The normalized spacial score (nSPS) is 12.8. The molecule has 0 aromatic carbocycles. The number of hydrogen-bond acceptors (Lipinski definition) is 23. The van der Waals surface area contributed by atoms with Crippen molar-refractivity contribution in [1.82, 2.24) is 14.7 Å². The van der Waals surface area contributed by atoms with Crippen molar-refractivity contribution in [3.63, 3.8) is 0 Å². The van der Waals surface area contributed by atoms with Crippen molar-refractivity contribution in [1.29, 1.82) is 0 Å². The fraction of sp³-hybridized carbons (Fsp3) is 0.944. The lowest BCUT2D eigenvalue weighted by Crippen LogP contribution is -2.40. The van der Waals surface area contributed by atoms with E-state index < -0.39 is 23.9 Å². The smallest absolute Gasteiger partial charge is 0.307 e. The highest BCUT2D eigenvalue weighted by Crippen LogP contribution is 2.25. The van der Waals surface area contributed by atoms with Crippen LogP contribution in [-0.2, 0) is 57.7 Å². The molecule has 0 aliphatic heterocycles. The van der Waals surface area contributed by atoms with Crippen LogP contribution in [0, 0.1) is 5.92 Å². The molecule has 0 heterocycles. The molecule has 0 aromatic rings. The second-order valence-corrected chi connectivity index (χ2v) is 25.2. The quantitative estimate of drug-likeness (QED) is 0.00922. The van der Waals surface area contributed by atoms with Crippen LogP contribution in [0.4, 0.5) is 0 Å². The van der Waals surface area contributed by atoms with Crippen LogP contribution >= 0.6 is 0 Å². The van der Waals surface area contributed by atoms with Crippen LogP contribution in [0.3, 0.4) is 0 Å². The maximum absolute atomic E-state index is 11.9. The molecule has 0 rings (SSSR count). The summed E-state index contributed by atoms with van der Waals surface area (Å²) in [6.07, 6.45) is 41.8. The third-order valence-electron chi connectivity index (χ3n) is 16.7. The van der Waals surface area contributed by atoms with Gasteiger partial charge in [0.15, 0.2) is 0 Å². The molecule has 5 unspecified atom stereocenters. The van der Waals surface area contributed by atoms with E-state index in [1.54, 1.807) is 0 Å². The van der Waals surface area contributed by atoms with Crippen molar-refractivity contribution in [2.45, 2.75) is 323 Å². The van der Waals surface area contributed by atoms with Gasteiger partial charge in [-0.05, 0) is 64.3 Å². The molecule has 0 bridgehead atoms. The number of carbonyl (C=O) groups excluding carboxylic acids is 4. The largest absolute Gasteiger partial charge is 0.463 e. The Kier molecular flexibility index (Phi) is 83.3. The molecule has 570 valence electrons. The summed E-state index contributed by atoms with van der Waals surface area (Å²) >= 11 is 0. The summed E-state index contributed by atoms with van der Waals surface area (Å²) in [6.45, 7) is 17.5. The first-order valence-corrected chi connectivity index (χ1v) is 37.6. The van der Waals surface area contributed by atoms with Gasteiger partial charge in [-0.1, -0.05) is 222 Å². The van der Waals surface area contributed by atoms with Crippen molar-refractivity contribution in [2.24, 2.45) is 5.92 Å². The van der Waals surface area contributed by atoms with E-state index in [0.29, 0.717) is 58.3 Å². The molecular weight excluding hydrogens is 1230 g/mol. The Morgan fingerprint density at radius 2 is 0.663 bits per heavy atom. The number of carbonyl (C=O) groups is 4. The summed E-state index contributed by atoms with van der Waals surface area (Å²) in [5, 5.41) is 71.5. The number of aliphatic hydroxyl groups is 4. The minimum Gasteiger partial charge on any atom is -0.463 e. The minimum atomic E-state index is -0.478. The molecule has 95 heavy (non-hydrogen) atoms. The van der Waals surface area contributed by atoms with E-state index >= 15 is 0 Å².